The van der Waals surface area contributed by atoms with E-state index < -0.39 is 42.9 Å². The van der Waals surface area contributed by atoms with Crippen LogP contribution in [0.5, 0.6) is 5.88 Å². The molecule has 0 bridgehead atoms. The third-order valence-corrected chi connectivity index (χ3v) is 8.10. The van der Waals surface area contributed by atoms with Crippen LogP contribution in [0.25, 0.3) is 11.1 Å². The Morgan fingerprint density at radius 2 is 1.80 bits per heavy atom. The molecule has 0 aliphatic carbocycles. The fourth-order valence-electron chi connectivity index (χ4n) is 4.38. The lowest BCUT2D eigenvalue weighted by Crippen LogP contribution is -2.29. The molecule has 2 aromatic heterocycles. The lowest BCUT2D eigenvalue weighted by molar-refractivity contribution is 0.0554. The van der Waals surface area contributed by atoms with E-state index in [1.54, 1.807) is 63.4 Å². The Kier molecular flexibility index (Phi) is 8.77. The Labute approximate surface area is 231 Å². The number of hydrogen-bond acceptors (Lipinski definition) is 8. The standard InChI is InChI=1S/C29H30FN3O6S/c1-18(2)39-17-26-32-28(34)27(29(35)33(26)25(16-38-4)20-8-6-5-7-9-20)40(36,37)21-10-11-23(24(30)14-21)22-12-13-31-15-19(22)3/h5-15,18,25,35H,16-17H2,1-4H3. The van der Waals surface area contributed by atoms with Crippen LogP contribution in [-0.2, 0) is 25.9 Å². The van der Waals surface area contributed by atoms with Crippen molar-refractivity contribution in [2.45, 2.75) is 49.3 Å². The first kappa shape index (κ1) is 29.1. The highest BCUT2D eigenvalue weighted by Gasteiger charge is 2.33. The fourth-order valence-corrected chi connectivity index (χ4v) is 5.74. The highest BCUT2D eigenvalue weighted by atomic mass is 32.2. The SMILES string of the molecule is COCC(c1ccccc1)n1c(COC(C)C)nc(=O)c(S(=O)(=O)c2ccc(-c3ccncc3C)c(F)c2)c1O. The number of methoxy groups -OCH3 is 1. The van der Waals surface area contributed by atoms with Gasteiger partial charge in [0, 0.05) is 25.1 Å². The van der Waals surface area contributed by atoms with Gasteiger partial charge in [-0.15, -0.1) is 0 Å². The molecule has 4 rings (SSSR count). The van der Waals surface area contributed by atoms with E-state index in [0.29, 0.717) is 16.7 Å². The van der Waals surface area contributed by atoms with E-state index in [2.05, 4.69) is 9.97 Å². The molecular formula is C29H30FN3O6S. The average Bonchev–Trinajstić information content (AvgIpc) is 2.91. The molecule has 0 saturated heterocycles. The van der Waals surface area contributed by atoms with Gasteiger partial charge in [-0.05, 0) is 55.7 Å². The number of aromatic hydroxyl groups is 1. The molecule has 0 saturated carbocycles. The van der Waals surface area contributed by atoms with Crippen molar-refractivity contribution in [3.8, 4) is 17.0 Å². The second-order valence-corrected chi connectivity index (χ2v) is 11.3. The summed E-state index contributed by atoms with van der Waals surface area (Å²) in [5, 5.41) is 11.4. The van der Waals surface area contributed by atoms with Gasteiger partial charge < -0.3 is 14.6 Å². The number of sulfone groups is 1. The number of pyridine rings is 1. The Morgan fingerprint density at radius 3 is 2.42 bits per heavy atom. The Morgan fingerprint density at radius 1 is 1.07 bits per heavy atom. The lowest BCUT2D eigenvalue weighted by Gasteiger charge is -2.26. The number of rotatable bonds is 10. The molecule has 2 aromatic carbocycles. The molecule has 2 heterocycles. The first-order valence-corrected chi connectivity index (χ1v) is 14.0. The molecule has 0 radical (unpaired) electrons. The first-order chi connectivity index (χ1) is 19.1. The van der Waals surface area contributed by atoms with Crippen LogP contribution < -0.4 is 5.56 Å². The van der Waals surface area contributed by atoms with Gasteiger partial charge in [0.05, 0.1) is 23.6 Å². The largest absolute Gasteiger partial charge is 0.493 e. The van der Waals surface area contributed by atoms with Crippen molar-refractivity contribution in [2.24, 2.45) is 0 Å². The number of hydrogen-bond donors (Lipinski definition) is 1. The topological polar surface area (TPSA) is 121 Å². The van der Waals surface area contributed by atoms with Crippen LogP contribution in [0.2, 0.25) is 0 Å². The van der Waals surface area contributed by atoms with Gasteiger partial charge in [0.1, 0.15) is 18.2 Å². The number of aryl methyl sites for hydroxylation is 1. The molecule has 0 spiro atoms. The molecule has 210 valence electrons. The van der Waals surface area contributed by atoms with Crippen LogP contribution >= 0.6 is 0 Å². The maximum atomic E-state index is 15.3. The van der Waals surface area contributed by atoms with Crippen molar-refractivity contribution in [1.82, 2.24) is 14.5 Å². The maximum absolute atomic E-state index is 15.3. The van der Waals surface area contributed by atoms with Crippen LogP contribution in [-0.4, -0.2) is 47.9 Å². The minimum atomic E-state index is -4.71. The third-order valence-electron chi connectivity index (χ3n) is 6.33. The van der Waals surface area contributed by atoms with Crippen molar-refractivity contribution in [3.05, 3.63) is 100 Å². The minimum absolute atomic E-state index is 0.00995. The predicted octanol–water partition coefficient (Wildman–Crippen LogP) is 4.45. The van der Waals surface area contributed by atoms with E-state index in [1.807, 2.05) is 0 Å². The molecule has 1 atom stereocenters. The summed E-state index contributed by atoms with van der Waals surface area (Å²) in [6.07, 6.45) is 2.84. The van der Waals surface area contributed by atoms with E-state index >= 15 is 4.39 Å². The smallest absolute Gasteiger partial charge is 0.296 e. The zero-order chi connectivity index (χ0) is 29.0. The third kappa shape index (κ3) is 5.81. The van der Waals surface area contributed by atoms with Crippen LogP contribution in [0.15, 0.2) is 81.6 Å². The molecule has 4 aromatic rings. The summed E-state index contributed by atoms with van der Waals surface area (Å²) in [5.74, 6) is -1.65. The van der Waals surface area contributed by atoms with Crippen LogP contribution in [0.1, 0.15) is 36.8 Å². The van der Waals surface area contributed by atoms with E-state index in [1.165, 1.54) is 30.0 Å². The second kappa shape index (κ2) is 12.1. The lowest BCUT2D eigenvalue weighted by atomic mass is 10.0. The number of halogens is 1. The van der Waals surface area contributed by atoms with Crippen molar-refractivity contribution in [1.29, 1.82) is 0 Å². The van der Waals surface area contributed by atoms with E-state index in [9.17, 15) is 18.3 Å². The Hall–Kier alpha value is -3.93. The summed E-state index contributed by atoms with van der Waals surface area (Å²) in [7, 11) is -3.25. The van der Waals surface area contributed by atoms with Gasteiger partial charge in [0.25, 0.3) is 5.56 Å². The molecular weight excluding hydrogens is 537 g/mol. The summed E-state index contributed by atoms with van der Waals surface area (Å²) in [5.41, 5.74) is 0.898. The zero-order valence-electron chi connectivity index (χ0n) is 22.5. The Balaban J connectivity index is 1.91. The summed E-state index contributed by atoms with van der Waals surface area (Å²) in [4.78, 5) is 19.7. The summed E-state index contributed by atoms with van der Waals surface area (Å²) < 4.78 is 55.0. The zero-order valence-corrected chi connectivity index (χ0v) is 23.4. The van der Waals surface area contributed by atoms with Gasteiger partial charge in [0.2, 0.25) is 15.7 Å². The fraction of sp³-hybridized carbons (Fsp3) is 0.276. The van der Waals surface area contributed by atoms with Gasteiger partial charge in [-0.25, -0.2) is 12.8 Å². The molecule has 0 aliphatic rings. The van der Waals surface area contributed by atoms with Gasteiger partial charge in [-0.2, -0.15) is 4.98 Å². The van der Waals surface area contributed by atoms with Crippen molar-refractivity contribution >= 4 is 9.84 Å². The summed E-state index contributed by atoms with van der Waals surface area (Å²) in [6.45, 7) is 5.17. The monoisotopic (exact) mass is 567 g/mol. The van der Waals surface area contributed by atoms with Gasteiger partial charge in [-0.3, -0.25) is 14.3 Å². The van der Waals surface area contributed by atoms with Crippen molar-refractivity contribution in [2.75, 3.05) is 13.7 Å². The van der Waals surface area contributed by atoms with Crippen LogP contribution in [0, 0.1) is 12.7 Å². The van der Waals surface area contributed by atoms with Gasteiger partial charge in [0.15, 0.2) is 4.90 Å². The quantitative estimate of drug-likeness (QED) is 0.298. The molecule has 9 nitrogen and oxygen atoms in total. The Bertz CT molecular complexity index is 1670. The molecule has 0 amide bonds. The molecule has 0 aliphatic heterocycles. The molecule has 11 heteroatoms. The molecule has 40 heavy (non-hydrogen) atoms. The average molecular weight is 568 g/mol. The van der Waals surface area contributed by atoms with Gasteiger partial charge >= 0.3 is 0 Å². The van der Waals surface area contributed by atoms with Gasteiger partial charge in [-0.1, -0.05) is 36.4 Å². The molecule has 1 unspecified atom stereocenters. The predicted molar refractivity (Wildman–Crippen MR) is 146 cm³/mol. The van der Waals surface area contributed by atoms with Crippen molar-refractivity contribution < 1.29 is 27.4 Å². The number of aromatic nitrogens is 3. The normalized spacial score (nSPS) is 12.6. The van der Waals surface area contributed by atoms with E-state index in [-0.39, 0.29) is 30.7 Å². The first-order valence-electron chi connectivity index (χ1n) is 12.5. The maximum Gasteiger partial charge on any atom is 0.296 e. The highest BCUT2D eigenvalue weighted by Crippen LogP contribution is 2.34. The number of benzene rings is 2. The molecule has 0 fully saturated rings. The summed E-state index contributed by atoms with van der Waals surface area (Å²) in [6, 6.07) is 13.1. The van der Waals surface area contributed by atoms with E-state index in [4.69, 9.17) is 9.47 Å². The van der Waals surface area contributed by atoms with Crippen molar-refractivity contribution in [3.63, 3.8) is 0 Å². The number of nitrogens with zero attached hydrogens (tertiary/aromatic N) is 3. The second-order valence-electron chi connectivity index (χ2n) is 9.43. The van der Waals surface area contributed by atoms with E-state index in [0.717, 1.165) is 6.07 Å². The van der Waals surface area contributed by atoms with Crippen LogP contribution in [0.4, 0.5) is 4.39 Å². The number of ether oxygens (including phenoxy) is 2. The summed E-state index contributed by atoms with van der Waals surface area (Å²) >= 11 is 0. The minimum Gasteiger partial charge on any atom is -0.493 e. The van der Waals surface area contributed by atoms with Crippen LogP contribution in [0.3, 0.4) is 0 Å². The highest BCUT2D eigenvalue weighted by molar-refractivity contribution is 7.91. The molecule has 1 N–H and O–H groups in total.